The van der Waals surface area contributed by atoms with E-state index in [0.717, 1.165) is 5.56 Å². The fourth-order valence-corrected chi connectivity index (χ4v) is 3.38. The molecule has 0 bridgehead atoms. The Morgan fingerprint density at radius 3 is 2.32 bits per heavy atom. The van der Waals surface area contributed by atoms with Crippen molar-refractivity contribution in [3.05, 3.63) is 33.7 Å². The molecule has 7 nitrogen and oxygen atoms in total. The van der Waals surface area contributed by atoms with Crippen LogP contribution in [0.1, 0.15) is 11.4 Å². The van der Waals surface area contributed by atoms with Crippen LogP contribution in [-0.4, -0.2) is 37.3 Å². The van der Waals surface area contributed by atoms with Crippen molar-refractivity contribution >= 4 is 40.7 Å². The maximum Gasteiger partial charge on any atom is 0.330 e. The molecule has 0 saturated carbocycles. The van der Waals surface area contributed by atoms with Crippen molar-refractivity contribution in [2.45, 2.75) is 13.5 Å². The molecule has 1 aromatic heterocycles. The van der Waals surface area contributed by atoms with Gasteiger partial charge in [0, 0.05) is 24.9 Å². The van der Waals surface area contributed by atoms with E-state index in [4.69, 9.17) is 32.7 Å². The number of benzene rings is 1. The number of aryl methyl sites for hydroxylation is 1. The predicted molar refractivity (Wildman–Crippen MR) is 96.3 cm³/mol. The Labute approximate surface area is 155 Å². The van der Waals surface area contributed by atoms with Crippen LogP contribution in [0.2, 0.25) is 10.0 Å². The highest BCUT2D eigenvalue weighted by molar-refractivity contribution is 6.42. The van der Waals surface area contributed by atoms with Crippen LogP contribution in [-0.2, 0) is 6.54 Å². The van der Waals surface area contributed by atoms with Gasteiger partial charge in [-0.2, -0.15) is 0 Å². The fourth-order valence-electron chi connectivity index (χ4n) is 2.68. The Balaban J connectivity index is 2.17. The quantitative estimate of drug-likeness (QED) is 0.809. The van der Waals surface area contributed by atoms with Crippen LogP contribution in [0.3, 0.4) is 0 Å². The van der Waals surface area contributed by atoms with Crippen LogP contribution in [0.4, 0.5) is 16.3 Å². The summed E-state index contributed by atoms with van der Waals surface area (Å²) in [5, 5.41) is 0.457. The van der Waals surface area contributed by atoms with Gasteiger partial charge in [0.25, 0.3) is 0 Å². The Bertz CT molecular complexity index is 832. The standard InChI is InChI=1S/C16H16Cl2N4O3/c1-8-19-6-9-7-22(16(23)21(2)15(9)20-8)14-12(17)10(24-3)5-11(25-4)13(14)18/h5-6H,7H2,1-4H3. The van der Waals surface area contributed by atoms with E-state index in [1.54, 1.807) is 26.2 Å². The summed E-state index contributed by atoms with van der Waals surface area (Å²) < 4.78 is 10.5. The summed E-state index contributed by atoms with van der Waals surface area (Å²) in [4.78, 5) is 24.3. The second-order valence-corrected chi connectivity index (χ2v) is 6.21. The molecule has 1 aromatic carbocycles. The molecule has 0 spiro atoms. The predicted octanol–water partition coefficient (Wildman–Crippen LogP) is 3.69. The van der Waals surface area contributed by atoms with Crippen molar-refractivity contribution in [3.8, 4) is 11.5 Å². The van der Waals surface area contributed by atoms with E-state index in [9.17, 15) is 4.79 Å². The Morgan fingerprint density at radius 1 is 1.16 bits per heavy atom. The topological polar surface area (TPSA) is 67.8 Å². The fraction of sp³-hybridized carbons (Fsp3) is 0.312. The number of carbonyl (C=O) groups is 1. The van der Waals surface area contributed by atoms with E-state index < -0.39 is 0 Å². The van der Waals surface area contributed by atoms with E-state index in [1.807, 2.05) is 0 Å². The van der Waals surface area contributed by atoms with E-state index in [-0.39, 0.29) is 22.6 Å². The molecule has 2 heterocycles. The zero-order valence-corrected chi connectivity index (χ0v) is 15.6. The summed E-state index contributed by atoms with van der Waals surface area (Å²) >= 11 is 12.9. The molecule has 0 unspecified atom stereocenters. The molecule has 0 atom stereocenters. The van der Waals surface area contributed by atoms with E-state index in [0.29, 0.717) is 28.8 Å². The normalized spacial score (nSPS) is 13.8. The van der Waals surface area contributed by atoms with Crippen LogP contribution >= 0.6 is 23.2 Å². The number of anilines is 2. The number of hydrogen-bond donors (Lipinski definition) is 0. The second kappa shape index (κ2) is 6.57. The number of aromatic nitrogens is 2. The van der Waals surface area contributed by atoms with Gasteiger partial charge >= 0.3 is 6.03 Å². The number of rotatable bonds is 3. The number of methoxy groups -OCH3 is 2. The lowest BCUT2D eigenvalue weighted by atomic mass is 10.1. The van der Waals surface area contributed by atoms with Crippen molar-refractivity contribution in [2.24, 2.45) is 0 Å². The van der Waals surface area contributed by atoms with Gasteiger partial charge in [0.1, 0.15) is 33.2 Å². The lowest BCUT2D eigenvalue weighted by Crippen LogP contribution is -2.46. The Morgan fingerprint density at radius 2 is 1.76 bits per heavy atom. The summed E-state index contributed by atoms with van der Waals surface area (Å²) in [6, 6.07) is 1.26. The molecule has 2 amide bonds. The lowest BCUT2D eigenvalue weighted by molar-refractivity contribution is 0.251. The van der Waals surface area contributed by atoms with Crippen LogP contribution in [0, 0.1) is 6.92 Å². The van der Waals surface area contributed by atoms with Gasteiger partial charge in [-0.3, -0.25) is 9.80 Å². The van der Waals surface area contributed by atoms with Gasteiger partial charge in [0.05, 0.1) is 26.5 Å². The van der Waals surface area contributed by atoms with Crippen LogP contribution in [0.15, 0.2) is 12.3 Å². The third-order valence-corrected chi connectivity index (χ3v) is 4.68. The van der Waals surface area contributed by atoms with Crippen LogP contribution in [0.25, 0.3) is 0 Å². The van der Waals surface area contributed by atoms with Crippen molar-refractivity contribution in [2.75, 3.05) is 31.1 Å². The molecule has 132 valence electrons. The zero-order valence-electron chi connectivity index (χ0n) is 14.1. The summed E-state index contributed by atoms with van der Waals surface area (Å²) in [5.74, 6) is 1.88. The highest BCUT2D eigenvalue weighted by Gasteiger charge is 2.34. The number of ether oxygens (including phenoxy) is 2. The average molecular weight is 383 g/mol. The van der Waals surface area contributed by atoms with Gasteiger partial charge in [0.15, 0.2) is 0 Å². The Kier molecular flexibility index (Phi) is 4.62. The maximum atomic E-state index is 12.9. The molecular formula is C16H16Cl2N4O3. The third kappa shape index (κ3) is 2.83. The van der Waals surface area contributed by atoms with Crippen LogP contribution < -0.4 is 19.3 Å². The summed E-state index contributed by atoms with van der Waals surface area (Å²) in [6.45, 7) is 2.00. The third-order valence-electron chi connectivity index (χ3n) is 3.95. The molecule has 0 N–H and O–H groups in total. The van der Waals surface area contributed by atoms with Gasteiger partial charge < -0.3 is 9.47 Å². The molecular weight excluding hydrogens is 367 g/mol. The lowest BCUT2D eigenvalue weighted by Gasteiger charge is -2.35. The number of nitrogens with zero attached hydrogens (tertiary/aromatic N) is 4. The minimum Gasteiger partial charge on any atom is -0.495 e. The number of carbonyl (C=O) groups excluding carboxylic acids is 1. The molecule has 9 heteroatoms. The van der Waals surface area contributed by atoms with Gasteiger partial charge in [-0.05, 0) is 6.92 Å². The average Bonchev–Trinajstić information content (AvgIpc) is 2.60. The maximum absolute atomic E-state index is 12.9. The zero-order chi connectivity index (χ0) is 18.3. The molecule has 0 saturated heterocycles. The van der Waals surface area contributed by atoms with Gasteiger partial charge in [-0.1, -0.05) is 23.2 Å². The number of fused-ring (bicyclic) bond motifs is 1. The molecule has 2 aromatic rings. The first-order valence-electron chi connectivity index (χ1n) is 7.36. The monoisotopic (exact) mass is 382 g/mol. The number of hydrogen-bond acceptors (Lipinski definition) is 5. The number of urea groups is 1. The minimum atomic E-state index is -0.315. The van der Waals surface area contributed by atoms with Crippen molar-refractivity contribution in [1.82, 2.24) is 9.97 Å². The highest BCUT2D eigenvalue weighted by Crippen LogP contribution is 2.47. The van der Waals surface area contributed by atoms with Gasteiger partial charge in [-0.15, -0.1) is 0 Å². The number of amides is 2. The molecule has 25 heavy (non-hydrogen) atoms. The minimum absolute atomic E-state index is 0.228. The smallest absolute Gasteiger partial charge is 0.330 e. The molecule has 0 radical (unpaired) electrons. The second-order valence-electron chi connectivity index (χ2n) is 5.45. The molecule has 1 aliphatic rings. The largest absolute Gasteiger partial charge is 0.495 e. The van der Waals surface area contributed by atoms with Crippen LogP contribution in [0.5, 0.6) is 11.5 Å². The van der Waals surface area contributed by atoms with Crippen molar-refractivity contribution in [3.63, 3.8) is 0 Å². The van der Waals surface area contributed by atoms with E-state index in [1.165, 1.54) is 24.0 Å². The first-order chi connectivity index (χ1) is 11.9. The molecule has 1 aliphatic heterocycles. The summed E-state index contributed by atoms with van der Waals surface area (Å²) in [7, 11) is 4.60. The van der Waals surface area contributed by atoms with E-state index in [2.05, 4.69) is 9.97 Å². The van der Waals surface area contributed by atoms with Crippen molar-refractivity contribution < 1.29 is 14.3 Å². The summed E-state index contributed by atoms with van der Waals surface area (Å²) in [6.07, 6.45) is 1.69. The molecule has 0 aliphatic carbocycles. The van der Waals surface area contributed by atoms with Gasteiger partial charge in [0.2, 0.25) is 0 Å². The first kappa shape index (κ1) is 17.6. The molecule has 3 rings (SSSR count). The van der Waals surface area contributed by atoms with Gasteiger partial charge in [-0.25, -0.2) is 14.8 Å². The highest BCUT2D eigenvalue weighted by atomic mass is 35.5. The summed E-state index contributed by atoms with van der Waals surface area (Å²) in [5.41, 5.74) is 1.10. The Hall–Kier alpha value is -2.25. The van der Waals surface area contributed by atoms with E-state index >= 15 is 0 Å². The van der Waals surface area contributed by atoms with Crippen molar-refractivity contribution in [1.29, 1.82) is 0 Å². The molecule has 0 fully saturated rings. The first-order valence-corrected chi connectivity index (χ1v) is 8.12. The number of halogens is 2. The SMILES string of the molecule is COc1cc(OC)c(Cl)c(N2Cc3cnc(C)nc3N(C)C2=O)c1Cl.